The molecule has 29 heavy (non-hydrogen) atoms. The van der Waals surface area contributed by atoms with Crippen molar-refractivity contribution >= 4 is 11.5 Å². The summed E-state index contributed by atoms with van der Waals surface area (Å²) < 4.78 is 0. The van der Waals surface area contributed by atoms with Crippen molar-refractivity contribution in [2.24, 2.45) is 45.1 Å². The van der Waals surface area contributed by atoms with Crippen molar-refractivity contribution < 1.29 is 9.63 Å². The molecular weight excluding hydrogens is 358 g/mol. The summed E-state index contributed by atoms with van der Waals surface area (Å²) in [5, 5.41) is 4.25. The van der Waals surface area contributed by atoms with Crippen molar-refractivity contribution in [3.63, 3.8) is 0 Å². The maximum atomic E-state index is 13.2. The number of nitrogens with zero attached hydrogens (tertiary/aromatic N) is 1. The fourth-order valence-electron chi connectivity index (χ4n) is 9.56. The van der Waals surface area contributed by atoms with Gasteiger partial charge in [0.15, 0.2) is 0 Å². The summed E-state index contributed by atoms with van der Waals surface area (Å²) in [6.07, 6.45) is 16.1. The SMILES string of the molecule is CO/N=C1\C=C2CC[C@@H]3[C@H](CC[C@@]4(C)[C@H]3C[C@@H]3CCCC[C@]34C(C)=O)[C@@]2(C)CC1. The van der Waals surface area contributed by atoms with Gasteiger partial charge in [0.2, 0.25) is 0 Å². The predicted octanol–water partition coefficient (Wildman–Crippen LogP) is 6.33. The lowest BCUT2D eigenvalue weighted by Crippen LogP contribution is -2.55. The summed E-state index contributed by atoms with van der Waals surface area (Å²) in [7, 11) is 1.66. The minimum Gasteiger partial charge on any atom is -0.399 e. The number of carbonyl (C=O) groups is 1. The first-order chi connectivity index (χ1) is 13.9. The number of ketones is 1. The van der Waals surface area contributed by atoms with E-state index in [9.17, 15) is 4.79 Å². The van der Waals surface area contributed by atoms with Gasteiger partial charge in [-0.1, -0.05) is 37.4 Å². The van der Waals surface area contributed by atoms with Crippen LogP contribution in [0.5, 0.6) is 0 Å². The molecule has 0 aromatic rings. The second-order valence-electron chi connectivity index (χ2n) is 11.4. The molecule has 4 saturated carbocycles. The number of rotatable bonds is 2. The highest BCUT2D eigenvalue weighted by atomic mass is 16.6. The monoisotopic (exact) mass is 397 g/mol. The van der Waals surface area contributed by atoms with Gasteiger partial charge in [-0.25, -0.2) is 0 Å². The van der Waals surface area contributed by atoms with Crippen LogP contribution in [0, 0.1) is 39.9 Å². The van der Waals surface area contributed by atoms with Crippen LogP contribution in [0.4, 0.5) is 0 Å². The van der Waals surface area contributed by atoms with E-state index in [1.807, 2.05) is 6.92 Å². The Morgan fingerprint density at radius 1 is 1.07 bits per heavy atom. The Morgan fingerprint density at radius 3 is 2.66 bits per heavy atom. The molecule has 0 amide bonds. The lowest BCUT2D eigenvalue weighted by Gasteiger charge is -2.60. The van der Waals surface area contributed by atoms with Crippen molar-refractivity contribution in [1.29, 1.82) is 0 Å². The molecule has 0 N–H and O–H groups in total. The first kappa shape index (κ1) is 19.8. The highest BCUT2D eigenvalue weighted by Crippen LogP contribution is 2.74. The summed E-state index contributed by atoms with van der Waals surface area (Å²) in [4.78, 5) is 18.2. The van der Waals surface area contributed by atoms with Crippen molar-refractivity contribution in [2.75, 3.05) is 7.11 Å². The van der Waals surface area contributed by atoms with E-state index in [2.05, 4.69) is 25.1 Å². The van der Waals surface area contributed by atoms with E-state index in [1.54, 1.807) is 12.7 Å². The van der Waals surface area contributed by atoms with E-state index in [1.165, 1.54) is 57.8 Å². The Hall–Kier alpha value is -1.12. The first-order valence-corrected chi connectivity index (χ1v) is 12.2. The zero-order chi connectivity index (χ0) is 20.4. The van der Waals surface area contributed by atoms with Gasteiger partial charge in [0, 0.05) is 5.41 Å². The Bertz CT molecular complexity index is 769. The Morgan fingerprint density at radius 2 is 1.90 bits per heavy atom. The Kier molecular flexibility index (Phi) is 4.57. The van der Waals surface area contributed by atoms with Gasteiger partial charge in [-0.15, -0.1) is 0 Å². The number of allylic oxidation sites excluding steroid dienone is 2. The van der Waals surface area contributed by atoms with Crippen LogP contribution in [0.1, 0.15) is 91.4 Å². The molecule has 0 saturated heterocycles. The van der Waals surface area contributed by atoms with Crippen LogP contribution < -0.4 is 0 Å². The molecular formula is C26H39NO2. The summed E-state index contributed by atoms with van der Waals surface area (Å²) in [5.41, 5.74) is 3.30. The fourth-order valence-corrected chi connectivity index (χ4v) is 9.56. The maximum Gasteiger partial charge on any atom is 0.136 e. The molecule has 5 aliphatic rings. The third-order valence-electron chi connectivity index (χ3n) is 10.8. The highest BCUT2D eigenvalue weighted by molar-refractivity contribution is 5.96. The third-order valence-corrected chi connectivity index (χ3v) is 10.8. The van der Waals surface area contributed by atoms with E-state index < -0.39 is 0 Å². The smallest absolute Gasteiger partial charge is 0.136 e. The number of Topliss-reactive ketones (excluding diaryl/α,β-unsaturated/α-hetero) is 1. The molecule has 0 unspecified atom stereocenters. The van der Waals surface area contributed by atoms with Gasteiger partial charge in [-0.05, 0) is 105 Å². The molecule has 160 valence electrons. The number of oxime groups is 1. The first-order valence-electron chi connectivity index (χ1n) is 12.2. The van der Waals surface area contributed by atoms with Crippen LogP contribution in [0.15, 0.2) is 16.8 Å². The van der Waals surface area contributed by atoms with Crippen LogP contribution in [0.2, 0.25) is 0 Å². The van der Waals surface area contributed by atoms with Gasteiger partial charge in [0.05, 0.1) is 5.71 Å². The molecule has 0 radical (unpaired) electrons. The molecule has 3 heteroatoms. The normalized spacial score (nSPS) is 50.1. The predicted molar refractivity (Wildman–Crippen MR) is 117 cm³/mol. The molecule has 0 spiro atoms. The van der Waals surface area contributed by atoms with Gasteiger partial charge in [-0.2, -0.15) is 0 Å². The molecule has 4 fully saturated rings. The Balaban J connectivity index is 1.50. The number of hydrogen-bond donors (Lipinski definition) is 0. The van der Waals surface area contributed by atoms with E-state index in [-0.39, 0.29) is 10.8 Å². The zero-order valence-corrected chi connectivity index (χ0v) is 18.9. The van der Waals surface area contributed by atoms with Gasteiger partial charge in [0.1, 0.15) is 12.9 Å². The summed E-state index contributed by atoms with van der Waals surface area (Å²) in [6.45, 7) is 7.02. The quantitative estimate of drug-likeness (QED) is 0.511. The van der Waals surface area contributed by atoms with E-state index in [0.717, 1.165) is 36.3 Å². The topological polar surface area (TPSA) is 38.7 Å². The van der Waals surface area contributed by atoms with Crippen LogP contribution in [0.3, 0.4) is 0 Å². The van der Waals surface area contributed by atoms with Gasteiger partial charge in [-0.3, -0.25) is 4.79 Å². The molecule has 0 aromatic carbocycles. The summed E-state index contributed by atoms with van der Waals surface area (Å²) in [5.74, 6) is 3.51. The van der Waals surface area contributed by atoms with Crippen LogP contribution in [-0.4, -0.2) is 18.6 Å². The molecule has 0 aromatic heterocycles. The van der Waals surface area contributed by atoms with Gasteiger partial charge >= 0.3 is 0 Å². The van der Waals surface area contributed by atoms with Crippen molar-refractivity contribution in [2.45, 2.75) is 91.4 Å². The standard InChI is InChI=1S/C26H39NO2/c1-17(28)26-12-6-5-7-19(26)16-23-21-9-8-18-15-20(27-29-4)10-13-24(18,2)22(21)11-14-25(23,26)3/h15,19,21-23H,5-14,16H2,1-4H3/b27-20-/t19-,21+,22-,23-,24-,25-,26-/m0/s1. The fraction of sp³-hybridized carbons (Fsp3) is 0.846. The lowest BCUT2D eigenvalue weighted by atomic mass is 9.44. The summed E-state index contributed by atoms with van der Waals surface area (Å²) >= 11 is 0. The zero-order valence-electron chi connectivity index (χ0n) is 18.9. The molecule has 5 aliphatic carbocycles. The van der Waals surface area contributed by atoms with E-state index in [4.69, 9.17) is 4.84 Å². The summed E-state index contributed by atoms with van der Waals surface area (Å²) in [6, 6.07) is 0. The van der Waals surface area contributed by atoms with E-state index >= 15 is 0 Å². The van der Waals surface area contributed by atoms with Crippen LogP contribution >= 0.6 is 0 Å². The number of hydrogen-bond acceptors (Lipinski definition) is 3. The Labute approximate surface area is 176 Å². The van der Waals surface area contributed by atoms with Crippen molar-refractivity contribution in [3.8, 4) is 0 Å². The number of carbonyl (C=O) groups excluding carboxylic acids is 1. The number of fused-ring (bicyclic) bond motifs is 7. The molecule has 3 nitrogen and oxygen atoms in total. The molecule has 5 rings (SSSR count). The van der Waals surface area contributed by atoms with Crippen molar-refractivity contribution in [3.05, 3.63) is 11.6 Å². The van der Waals surface area contributed by atoms with Gasteiger partial charge < -0.3 is 4.84 Å². The van der Waals surface area contributed by atoms with Gasteiger partial charge in [0.25, 0.3) is 0 Å². The second-order valence-corrected chi connectivity index (χ2v) is 11.4. The average molecular weight is 398 g/mol. The molecule has 7 atom stereocenters. The van der Waals surface area contributed by atoms with E-state index in [0.29, 0.717) is 17.1 Å². The van der Waals surface area contributed by atoms with Crippen molar-refractivity contribution in [1.82, 2.24) is 0 Å². The lowest BCUT2D eigenvalue weighted by molar-refractivity contribution is -0.147. The van der Waals surface area contributed by atoms with Crippen LogP contribution in [0.25, 0.3) is 0 Å². The highest BCUT2D eigenvalue weighted by Gasteiger charge is 2.69. The molecule has 0 heterocycles. The largest absolute Gasteiger partial charge is 0.399 e. The molecule has 0 aliphatic heterocycles. The molecule has 0 bridgehead atoms. The average Bonchev–Trinajstić information content (AvgIpc) is 2.98. The van der Waals surface area contributed by atoms with Crippen LogP contribution in [-0.2, 0) is 9.63 Å². The minimum absolute atomic E-state index is 0.0111. The second kappa shape index (κ2) is 6.69. The maximum absolute atomic E-state index is 13.2. The minimum atomic E-state index is -0.0111. The third kappa shape index (κ3) is 2.48.